The maximum absolute atomic E-state index is 11.8. The molecule has 43 heavy (non-hydrogen) atoms. The van der Waals surface area contributed by atoms with Crippen molar-refractivity contribution in [2.75, 3.05) is 19.8 Å². The molecule has 9 nitrogen and oxygen atoms in total. The molecule has 2 aromatic carbocycles. The van der Waals surface area contributed by atoms with Crippen molar-refractivity contribution in [3.05, 3.63) is 88.6 Å². The Labute approximate surface area is 252 Å². The van der Waals surface area contributed by atoms with Crippen LogP contribution in [-0.2, 0) is 24.3 Å². The SMILES string of the molecule is Cc1cccc(-c2cccc(-n3ncc(C(=O)O)c3OC(C)C)n2)c1OCc1ccc2c(c1)CCN([C@@H]1CCCOC1)C2. The van der Waals surface area contributed by atoms with Crippen LogP contribution in [-0.4, -0.2) is 62.6 Å². The summed E-state index contributed by atoms with van der Waals surface area (Å²) in [5.74, 6) is 0.261. The van der Waals surface area contributed by atoms with Crippen molar-refractivity contribution in [3.8, 4) is 28.7 Å². The number of pyridine rings is 1. The Balaban J connectivity index is 1.22. The molecule has 0 aliphatic carbocycles. The molecule has 2 aliphatic rings. The van der Waals surface area contributed by atoms with Crippen molar-refractivity contribution in [1.29, 1.82) is 0 Å². The number of nitrogens with zero attached hydrogens (tertiary/aromatic N) is 4. The van der Waals surface area contributed by atoms with Crippen molar-refractivity contribution in [2.45, 2.75) is 65.3 Å². The maximum Gasteiger partial charge on any atom is 0.342 e. The number of carboxylic acid groups (broad SMARTS) is 1. The number of hydrogen-bond donors (Lipinski definition) is 1. The Morgan fingerprint density at radius 2 is 2.00 bits per heavy atom. The zero-order valence-corrected chi connectivity index (χ0v) is 25.0. The number of para-hydroxylation sites is 1. The van der Waals surface area contributed by atoms with Gasteiger partial charge < -0.3 is 19.3 Å². The van der Waals surface area contributed by atoms with E-state index in [1.165, 1.54) is 28.4 Å². The number of carboxylic acids is 1. The van der Waals surface area contributed by atoms with Crippen LogP contribution in [0.5, 0.6) is 11.6 Å². The van der Waals surface area contributed by atoms with Gasteiger partial charge in [-0.3, -0.25) is 4.90 Å². The van der Waals surface area contributed by atoms with Crippen molar-refractivity contribution in [1.82, 2.24) is 19.7 Å². The van der Waals surface area contributed by atoms with Crippen LogP contribution in [0.1, 0.15) is 59.3 Å². The topological polar surface area (TPSA) is 98.9 Å². The summed E-state index contributed by atoms with van der Waals surface area (Å²) in [6.07, 6.45) is 4.45. The first-order chi connectivity index (χ1) is 20.9. The highest BCUT2D eigenvalue weighted by Crippen LogP contribution is 2.34. The number of ether oxygens (including phenoxy) is 3. The third kappa shape index (κ3) is 6.28. The number of aryl methyl sites for hydroxylation is 1. The van der Waals surface area contributed by atoms with Crippen LogP contribution in [0.2, 0.25) is 0 Å². The Morgan fingerprint density at radius 1 is 1.14 bits per heavy atom. The maximum atomic E-state index is 11.8. The van der Waals surface area contributed by atoms with Crippen molar-refractivity contribution in [3.63, 3.8) is 0 Å². The van der Waals surface area contributed by atoms with Gasteiger partial charge in [0, 0.05) is 31.3 Å². The predicted molar refractivity (Wildman–Crippen MR) is 163 cm³/mol. The molecule has 1 saturated heterocycles. The van der Waals surface area contributed by atoms with Gasteiger partial charge in [0.15, 0.2) is 5.82 Å². The van der Waals surface area contributed by atoms with E-state index in [0.29, 0.717) is 24.2 Å². The lowest BCUT2D eigenvalue weighted by molar-refractivity contribution is 0.0125. The predicted octanol–water partition coefficient (Wildman–Crippen LogP) is 5.84. The molecule has 2 aromatic heterocycles. The molecule has 224 valence electrons. The molecule has 2 aliphatic heterocycles. The summed E-state index contributed by atoms with van der Waals surface area (Å²) in [4.78, 5) is 19.2. The molecule has 4 aromatic rings. The Hall–Kier alpha value is -4.21. The summed E-state index contributed by atoms with van der Waals surface area (Å²) < 4.78 is 19.5. The van der Waals surface area contributed by atoms with Crippen LogP contribution in [0.25, 0.3) is 17.1 Å². The average molecular weight is 583 g/mol. The number of aromatic carboxylic acids is 1. The second kappa shape index (κ2) is 12.6. The minimum absolute atomic E-state index is 0.0127. The molecular formula is C34H38N4O5. The van der Waals surface area contributed by atoms with E-state index >= 15 is 0 Å². The van der Waals surface area contributed by atoms with Crippen molar-refractivity contribution < 1.29 is 24.1 Å². The summed E-state index contributed by atoms with van der Waals surface area (Å²) in [6.45, 7) is 9.92. The Kier molecular flexibility index (Phi) is 8.44. The standard InChI is InChI=1S/C34H38N4O5/c1-22(2)43-33-29(34(39)40)18-35-38(33)31-11-5-10-30(36-31)28-9-4-7-23(3)32(28)42-20-24-12-13-26-19-37(15-14-25(26)17-24)27-8-6-16-41-21-27/h4-5,7,9-13,17-18,22,27H,6,8,14-16,19-21H2,1-3H3,(H,39,40)/t27-/m1/s1. The lowest BCUT2D eigenvalue weighted by Gasteiger charge is -2.37. The normalized spacial score (nSPS) is 17.1. The average Bonchev–Trinajstić information content (AvgIpc) is 3.43. The first-order valence-corrected chi connectivity index (χ1v) is 15.0. The molecule has 0 spiro atoms. The summed E-state index contributed by atoms with van der Waals surface area (Å²) in [5, 5.41) is 13.9. The highest BCUT2D eigenvalue weighted by Gasteiger charge is 2.26. The minimum Gasteiger partial charge on any atom is -0.488 e. The van der Waals surface area contributed by atoms with E-state index < -0.39 is 5.97 Å². The third-order valence-corrected chi connectivity index (χ3v) is 8.09. The van der Waals surface area contributed by atoms with E-state index in [-0.39, 0.29) is 17.5 Å². The smallest absolute Gasteiger partial charge is 0.342 e. The molecule has 1 fully saturated rings. The summed E-state index contributed by atoms with van der Waals surface area (Å²) in [6, 6.07) is 18.8. The fraction of sp³-hybridized carbons (Fsp3) is 0.382. The quantitative estimate of drug-likeness (QED) is 0.263. The first kappa shape index (κ1) is 28.9. The Bertz CT molecular complexity index is 1610. The Morgan fingerprint density at radius 3 is 2.79 bits per heavy atom. The van der Waals surface area contributed by atoms with Crippen molar-refractivity contribution in [2.24, 2.45) is 0 Å². The number of benzene rings is 2. The monoisotopic (exact) mass is 582 g/mol. The summed E-state index contributed by atoms with van der Waals surface area (Å²) in [5.41, 5.74) is 6.46. The summed E-state index contributed by atoms with van der Waals surface area (Å²) in [7, 11) is 0. The third-order valence-electron chi connectivity index (χ3n) is 8.09. The van der Waals surface area contributed by atoms with Crippen LogP contribution in [0.15, 0.2) is 60.8 Å². The van der Waals surface area contributed by atoms with Crippen LogP contribution in [0.3, 0.4) is 0 Å². The van der Waals surface area contributed by atoms with Gasteiger partial charge in [0.2, 0.25) is 5.88 Å². The first-order valence-electron chi connectivity index (χ1n) is 15.0. The van der Waals surface area contributed by atoms with Crippen LogP contribution < -0.4 is 9.47 Å². The van der Waals surface area contributed by atoms with Gasteiger partial charge in [0.1, 0.15) is 17.9 Å². The molecule has 0 bridgehead atoms. The van der Waals surface area contributed by atoms with E-state index in [9.17, 15) is 9.90 Å². The number of fused-ring (bicyclic) bond motifs is 1. The highest BCUT2D eigenvalue weighted by atomic mass is 16.5. The zero-order chi connectivity index (χ0) is 29.9. The molecule has 6 rings (SSSR count). The van der Waals surface area contributed by atoms with Gasteiger partial charge in [-0.25, -0.2) is 9.78 Å². The van der Waals surface area contributed by atoms with E-state index in [1.54, 1.807) is 6.07 Å². The van der Waals surface area contributed by atoms with Gasteiger partial charge in [-0.05, 0) is 80.5 Å². The molecule has 9 heteroatoms. The largest absolute Gasteiger partial charge is 0.488 e. The van der Waals surface area contributed by atoms with Gasteiger partial charge in [0.25, 0.3) is 0 Å². The van der Waals surface area contributed by atoms with Crippen molar-refractivity contribution >= 4 is 5.97 Å². The molecular weight excluding hydrogens is 544 g/mol. The van der Waals surface area contributed by atoms with E-state index in [1.807, 2.05) is 51.1 Å². The van der Waals surface area contributed by atoms with Gasteiger partial charge in [0.05, 0.1) is 24.6 Å². The van der Waals surface area contributed by atoms with Gasteiger partial charge >= 0.3 is 5.97 Å². The van der Waals surface area contributed by atoms with Crippen LogP contribution >= 0.6 is 0 Å². The van der Waals surface area contributed by atoms with E-state index in [2.05, 4.69) is 28.2 Å². The second-order valence-electron chi connectivity index (χ2n) is 11.6. The lowest BCUT2D eigenvalue weighted by atomic mass is 9.95. The molecule has 0 unspecified atom stereocenters. The molecule has 1 N–H and O–H groups in total. The van der Waals surface area contributed by atoms with Crippen LogP contribution in [0.4, 0.5) is 0 Å². The van der Waals surface area contributed by atoms with Gasteiger partial charge in [-0.1, -0.05) is 36.4 Å². The van der Waals surface area contributed by atoms with E-state index in [0.717, 1.165) is 61.6 Å². The summed E-state index contributed by atoms with van der Waals surface area (Å²) >= 11 is 0. The van der Waals surface area contributed by atoms with Gasteiger partial charge in [-0.2, -0.15) is 9.78 Å². The zero-order valence-electron chi connectivity index (χ0n) is 25.0. The lowest BCUT2D eigenvalue weighted by Crippen LogP contribution is -2.43. The van der Waals surface area contributed by atoms with Gasteiger partial charge in [-0.15, -0.1) is 0 Å². The molecule has 0 amide bonds. The minimum atomic E-state index is -1.11. The number of hydrogen-bond acceptors (Lipinski definition) is 7. The fourth-order valence-electron chi connectivity index (χ4n) is 5.92. The van der Waals surface area contributed by atoms with E-state index in [4.69, 9.17) is 19.2 Å². The number of rotatable bonds is 9. The molecule has 4 heterocycles. The number of aromatic nitrogens is 3. The molecule has 0 saturated carbocycles. The second-order valence-corrected chi connectivity index (χ2v) is 11.6. The molecule has 0 radical (unpaired) electrons. The fourth-order valence-corrected chi connectivity index (χ4v) is 5.92. The highest BCUT2D eigenvalue weighted by molar-refractivity contribution is 5.90. The molecule has 1 atom stereocenters. The number of carbonyl (C=O) groups is 1. The van der Waals surface area contributed by atoms with Crippen LogP contribution in [0, 0.1) is 6.92 Å².